The number of hydrogen-bond donors (Lipinski definition) is 2. The van der Waals surface area contributed by atoms with Gasteiger partial charge in [-0.15, -0.1) is 0 Å². The minimum atomic E-state index is -0.905. The predicted molar refractivity (Wildman–Crippen MR) is 74.6 cm³/mol. The number of piperazine rings is 1. The van der Waals surface area contributed by atoms with E-state index in [9.17, 15) is 4.79 Å². The number of rotatable bonds is 3. The maximum atomic E-state index is 11.0. The van der Waals surface area contributed by atoms with Crippen molar-refractivity contribution in [1.29, 1.82) is 0 Å². The highest BCUT2D eigenvalue weighted by Gasteiger charge is 2.31. The van der Waals surface area contributed by atoms with Crippen LogP contribution < -0.4 is 10.6 Å². The summed E-state index contributed by atoms with van der Waals surface area (Å²) in [5.74, 6) is -0.905. The number of carboxylic acids is 1. The molecule has 102 valence electrons. The fourth-order valence-corrected chi connectivity index (χ4v) is 2.72. The van der Waals surface area contributed by atoms with Gasteiger partial charge in [-0.1, -0.05) is 0 Å². The molecule has 2 fully saturated rings. The lowest BCUT2D eigenvalue weighted by Gasteiger charge is -2.36. The number of nitrogens with zero attached hydrogens (tertiary/aromatic N) is 2. The van der Waals surface area contributed by atoms with Crippen molar-refractivity contribution in [2.45, 2.75) is 18.9 Å². The van der Waals surface area contributed by atoms with Gasteiger partial charge in [-0.05, 0) is 31.0 Å². The molecule has 0 atom stereocenters. The van der Waals surface area contributed by atoms with Crippen molar-refractivity contribution in [2.75, 3.05) is 36.8 Å². The standard InChI is InChI=1S/C14H19N3O2/c15-12-4-1-10(14(18)19)9-13(12)17-7-5-16(6-8-17)11-2-3-11/h1,4,9,11H,2-3,5-8,15H2,(H,18,19). The summed E-state index contributed by atoms with van der Waals surface area (Å²) >= 11 is 0. The zero-order valence-corrected chi connectivity index (χ0v) is 10.9. The molecule has 1 aromatic carbocycles. The van der Waals surface area contributed by atoms with Crippen molar-refractivity contribution in [2.24, 2.45) is 0 Å². The Morgan fingerprint density at radius 3 is 2.47 bits per heavy atom. The molecule has 5 nitrogen and oxygen atoms in total. The van der Waals surface area contributed by atoms with Crippen LogP contribution in [0.3, 0.4) is 0 Å². The molecule has 0 amide bonds. The van der Waals surface area contributed by atoms with E-state index >= 15 is 0 Å². The second-order valence-electron chi connectivity index (χ2n) is 5.33. The highest BCUT2D eigenvalue weighted by atomic mass is 16.4. The van der Waals surface area contributed by atoms with Crippen LogP contribution in [0.5, 0.6) is 0 Å². The summed E-state index contributed by atoms with van der Waals surface area (Å²) in [4.78, 5) is 15.7. The Hall–Kier alpha value is -1.75. The second-order valence-corrected chi connectivity index (χ2v) is 5.33. The van der Waals surface area contributed by atoms with Crippen LogP contribution in [0.4, 0.5) is 11.4 Å². The van der Waals surface area contributed by atoms with Crippen molar-refractivity contribution in [1.82, 2.24) is 4.90 Å². The molecule has 0 bridgehead atoms. The summed E-state index contributed by atoms with van der Waals surface area (Å²) in [7, 11) is 0. The van der Waals surface area contributed by atoms with Gasteiger partial charge in [0.05, 0.1) is 16.9 Å². The van der Waals surface area contributed by atoms with Gasteiger partial charge in [0, 0.05) is 32.2 Å². The minimum Gasteiger partial charge on any atom is -0.478 e. The van der Waals surface area contributed by atoms with Gasteiger partial charge in [0.25, 0.3) is 0 Å². The molecule has 0 aromatic heterocycles. The van der Waals surface area contributed by atoms with Crippen LogP contribution in [-0.4, -0.2) is 48.2 Å². The summed E-state index contributed by atoms with van der Waals surface area (Å²) in [6.45, 7) is 3.93. The SMILES string of the molecule is Nc1ccc(C(=O)O)cc1N1CCN(C2CC2)CC1. The maximum absolute atomic E-state index is 11.0. The summed E-state index contributed by atoms with van der Waals surface area (Å²) < 4.78 is 0. The first kappa shape index (κ1) is 12.3. The molecule has 1 aromatic rings. The Morgan fingerprint density at radius 2 is 1.89 bits per heavy atom. The molecule has 1 saturated heterocycles. The van der Waals surface area contributed by atoms with Crippen LogP contribution in [0.1, 0.15) is 23.2 Å². The molecule has 2 aliphatic rings. The number of carboxylic acid groups (broad SMARTS) is 1. The zero-order valence-electron chi connectivity index (χ0n) is 10.9. The van der Waals surface area contributed by atoms with Gasteiger partial charge in [-0.2, -0.15) is 0 Å². The fraction of sp³-hybridized carbons (Fsp3) is 0.500. The number of carbonyl (C=O) groups is 1. The summed E-state index contributed by atoms with van der Waals surface area (Å²) in [5.41, 5.74) is 7.79. The van der Waals surface area contributed by atoms with Crippen molar-refractivity contribution in [3.05, 3.63) is 23.8 Å². The van der Waals surface area contributed by atoms with Crippen LogP contribution in [-0.2, 0) is 0 Å². The van der Waals surface area contributed by atoms with Gasteiger partial charge in [0.15, 0.2) is 0 Å². The number of nitrogen functional groups attached to an aromatic ring is 1. The topological polar surface area (TPSA) is 69.8 Å². The van der Waals surface area contributed by atoms with Gasteiger partial charge < -0.3 is 15.7 Å². The first-order valence-corrected chi connectivity index (χ1v) is 6.77. The average Bonchev–Trinajstić information content (AvgIpc) is 3.23. The van der Waals surface area contributed by atoms with Crippen molar-refractivity contribution in [3.63, 3.8) is 0 Å². The molecule has 3 N–H and O–H groups in total. The molecule has 1 aliphatic heterocycles. The number of hydrogen-bond acceptors (Lipinski definition) is 4. The highest BCUT2D eigenvalue weighted by molar-refractivity contribution is 5.90. The van der Waals surface area contributed by atoms with E-state index in [1.807, 2.05) is 0 Å². The van der Waals surface area contributed by atoms with Gasteiger partial charge in [0.2, 0.25) is 0 Å². The van der Waals surface area contributed by atoms with E-state index in [-0.39, 0.29) is 0 Å². The summed E-state index contributed by atoms with van der Waals surface area (Å²) in [5, 5.41) is 9.05. The van der Waals surface area contributed by atoms with E-state index < -0.39 is 5.97 Å². The Kier molecular flexibility index (Phi) is 3.06. The van der Waals surface area contributed by atoms with Crippen LogP contribution in [0.15, 0.2) is 18.2 Å². The van der Waals surface area contributed by atoms with Crippen LogP contribution in [0.2, 0.25) is 0 Å². The zero-order chi connectivity index (χ0) is 13.4. The van der Waals surface area contributed by atoms with E-state index in [1.165, 1.54) is 12.8 Å². The largest absolute Gasteiger partial charge is 0.478 e. The van der Waals surface area contributed by atoms with Gasteiger partial charge in [0.1, 0.15) is 0 Å². The van der Waals surface area contributed by atoms with Crippen LogP contribution in [0, 0.1) is 0 Å². The number of nitrogens with two attached hydrogens (primary N) is 1. The molecule has 0 unspecified atom stereocenters. The van der Waals surface area contributed by atoms with E-state index in [0.717, 1.165) is 37.9 Å². The van der Waals surface area contributed by atoms with E-state index in [4.69, 9.17) is 10.8 Å². The molecule has 19 heavy (non-hydrogen) atoms. The molecular weight excluding hydrogens is 242 g/mol. The highest BCUT2D eigenvalue weighted by Crippen LogP contribution is 2.30. The number of anilines is 2. The molecular formula is C14H19N3O2. The molecule has 3 rings (SSSR count). The van der Waals surface area contributed by atoms with Gasteiger partial charge >= 0.3 is 5.97 Å². The van der Waals surface area contributed by atoms with Crippen molar-refractivity contribution < 1.29 is 9.90 Å². The fourth-order valence-electron chi connectivity index (χ4n) is 2.72. The Bertz CT molecular complexity index is 491. The van der Waals surface area contributed by atoms with E-state index in [1.54, 1.807) is 18.2 Å². The maximum Gasteiger partial charge on any atom is 0.335 e. The van der Waals surface area contributed by atoms with Gasteiger partial charge in [-0.3, -0.25) is 4.90 Å². The van der Waals surface area contributed by atoms with Crippen LogP contribution in [0.25, 0.3) is 0 Å². The first-order valence-electron chi connectivity index (χ1n) is 6.77. The van der Waals surface area contributed by atoms with Crippen molar-refractivity contribution in [3.8, 4) is 0 Å². The van der Waals surface area contributed by atoms with E-state index in [0.29, 0.717) is 11.3 Å². The molecule has 0 radical (unpaired) electrons. The number of benzene rings is 1. The Labute approximate surface area is 112 Å². The lowest BCUT2D eigenvalue weighted by atomic mass is 10.1. The summed E-state index contributed by atoms with van der Waals surface area (Å²) in [6, 6.07) is 5.72. The third-order valence-corrected chi connectivity index (χ3v) is 4.00. The quantitative estimate of drug-likeness (QED) is 0.801. The third-order valence-electron chi connectivity index (χ3n) is 4.00. The van der Waals surface area contributed by atoms with Gasteiger partial charge in [-0.25, -0.2) is 4.79 Å². The van der Waals surface area contributed by atoms with Crippen LogP contribution >= 0.6 is 0 Å². The first-order chi connectivity index (χ1) is 9.15. The molecule has 1 heterocycles. The minimum absolute atomic E-state index is 0.300. The molecule has 0 spiro atoms. The third kappa shape index (κ3) is 2.51. The molecule has 1 saturated carbocycles. The lowest BCUT2D eigenvalue weighted by molar-refractivity contribution is 0.0697. The second kappa shape index (κ2) is 4.74. The molecule has 5 heteroatoms. The predicted octanol–water partition coefficient (Wildman–Crippen LogP) is 1.25. The average molecular weight is 261 g/mol. The molecule has 1 aliphatic carbocycles. The normalized spacial score (nSPS) is 20.5. The monoisotopic (exact) mass is 261 g/mol. The Balaban J connectivity index is 1.74. The number of aromatic carboxylic acids is 1. The lowest BCUT2D eigenvalue weighted by Crippen LogP contribution is -2.47. The van der Waals surface area contributed by atoms with E-state index in [2.05, 4.69) is 9.80 Å². The van der Waals surface area contributed by atoms with Crippen molar-refractivity contribution >= 4 is 17.3 Å². The Morgan fingerprint density at radius 1 is 1.21 bits per heavy atom. The summed E-state index contributed by atoms with van der Waals surface area (Å²) in [6.07, 6.45) is 2.66. The smallest absolute Gasteiger partial charge is 0.335 e.